The Labute approximate surface area is 85.3 Å². The van der Waals surface area contributed by atoms with Gasteiger partial charge in [-0.15, -0.1) is 0 Å². The van der Waals surface area contributed by atoms with E-state index in [2.05, 4.69) is 17.1 Å². The summed E-state index contributed by atoms with van der Waals surface area (Å²) < 4.78 is 0. The van der Waals surface area contributed by atoms with Crippen LogP contribution < -0.4 is 5.32 Å². The van der Waals surface area contributed by atoms with E-state index in [4.69, 9.17) is 5.11 Å². The molecule has 0 saturated carbocycles. The Bertz CT molecular complexity index is 193. The number of nitrogens with zero attached hydrogens (tertiary/aromatic N) is 1. The summed E-state index contributed by atoms with van der Waals surface area (Å²) in [6.45, 7) is 7.14. The van der Waals surface area contributed by atoms with Gasteiger partial charge in [-0.2, -0.15) is 0 Å². The third-order valence-corrected chi connectivity index (χ3v) is 2.75. The van der Waals surface area contributed by atoms with Crippen molar-refractivity contribution < 1.29 is 9.90 Å². The highest BCUT2D eigenvalue weighted by molar-refractivity contribution is 5.67. The fraction of sp³-hybridized carbons (Fsp3) is 0.900. The second-order valence-corrected chi connectivity index (χ2v) is 4.00. The van der Waals surface area contributed by atoms with Crippen molar-refractivity contribution in [2.45, 2.75) is 38.8 Å². The first-order valence-electron chi connectivity index (χ1n) is 5.33. The van der Waals surface area contributed by atoms with E-state index in [1.54, 1.807) is 0 Å². The molecule has 0 radical (unpaired) electrons. The number of rotatable bonds is 6. The molecule has 0 aromatic carbocycles. The third-order valence-electron chi connectivity index (χ3n) is 2.75. The molecular formula is C10H20N2O2. The maximum atomic E-state index is 10.6. The standard InChI is InChI=1S/C10H20N2O2/c1-3-4-12(9-6-11-7-9)8(2)5-10(13)14/h8-9,11H,3-7H2,1-2H3,(H,13,14). The van der Waals surface area contributed by atoms with Crippen LogP contribution in [0.2, 0.25) is 0 Å². The van der Waals surface area contributed by atoms with E-state index >= 15 is 0 Å². The second-order valence-electron chi connectivity index (χ2n) is 4.00. The summed E-state index contributed by atoms with van der Waals surface area (Å²) in [7, 11) is 0. The molecule has 1 aliphatic rings. The van der Waals surface area contributed by atoms with Gasteiger partial charge in [0.05, 0.1) is 6.42 Å². The summed E-state index contributed by atoms with van der Waals surface area (Å²) in [6, 6.07) is 0.698. The highest BCUT2D eigenvalue weighted by Crippen LogP contribution is 2.13. The first-order chi connectivity index (χ1) is 6.65. The van der Waals surface area contributed by atoms with Crippen molar-refractivity contribution in [3.05, 3.63) is 0 Å². The molecule has 0 spiro atoms. The number of aliphatic carboxylic acids is 1. The molecule has 1 unspecified atom stereocenters. The fourth-order valence-corrected chi connectivity index (χ4v) is 1.90. The lowest BCUT2D eigenvalue weighted by Gasteiger charge is -2.41. The predicted octanol–water partition coefficient (Wildman–Crippen LogP) is 0.533. The zero-order valence-electron chi connectivity index (χ0n) is 8.99. The van der Waals surface area contributed by atoms with Crippen LogP contribution in [0.1, 0.15) is 26.7 Å². The van der Waals surface area contributed by atoms with Crippen LogP contribution in [0.25, 0.3) is 0 Å². The molecule has 82 valence electrons. The monoisotopic (exact) mass is 200 g/mol. The summed E-state index contributed by atoms with van der Waals surface area (Å²) >= 11 is 0. The molecule has 1 fully saturated rings. The van der Waals surface area contributed by atoms with Gasteiger partial charge in [-0.25, -0.2) is 0 Å². The first-order valence-corrected chi connectivity index (χ1v) is 5.33. The lowest BCUT2D eigenvalue weighted by atomic mass is 10.1. The van der Waals surface area contributed by atoms with Crippen molar-refractivity contribution in [3.63, 3.8) is 0 Å². The number of hydrogen-bond donors (Lipinski definition) is 2. The molecule has 1 saturated heterocycles. The van der Waals surface area contributed by atoms with Crippen molar-refractivity contribution in [2.75, 3.05) is 19.6 Å². The van der Waals surface area contributed by atoms with Gasteiger partial charge in [-0.05, 0) is 19.9 Å². The molecule has 0 aromatic heterocycles. The minimum atomic E-state index is -0.703. The van der Waals surface area contributed by atoms with E-state index < -0.39 is 5.97 Å². The van der Waals surface area contributed by atoms with Gasteiger partial charge in [0.1, 0.15) is 0 Å². The number of carboxylic acids is 1. The van der Waals surface area contributed by atoms with Gasteiger partial charge in [-0.3, -0.25) is 9.69 Å². The molecule has 0 amide bonds. The normalized spacial score (nSPS) is 19.4. The van der Waals surface area contributed by atoms with Crippen LogP contribution in [-0.4, -0.2) is 47.7 Å². The smallest absolute Gasteiger partial charge is 0.304 e. The Hall–Kier alpha value is -0.610. The lowest BCUT2D eigenvalue weighted by molar-refractivity contribution is -0.138. The zero-order chi connectivity index (χ0) is 10.6. The van der Waals surface area contributed by atoms with Crippen molar-refractivity contribution in [1.82, 2.24) is 10.2 Å². The highest BCUT2D eigenvalue weighted by Gasteiger charge is 2.28. The largest absolute Gasteiger partial charge is 0.481 e. The van der Waals surface area contributed by atoms with Gasteiger partial charge in [0.2, 0.25) is 0 Å². The SMILES string of the molecule is CCCN(C(C)CC(=O)O)C1CNC1. The molecule has 0 aliphatic carbocycles. The molecule has 0 bridgehead atoms. The quantitative estimate of drug-likeness (QED) is 0.657. The van der Waals surface area contributed by atoms with E-state index in [9.17, 15) is 4.79 Å². The average molecular weight is 200 g/mol. The summed E-state index contributed by atoms with van der Waals surface area (Å²) in [4.78, 5) is 12.9. The molecule has 1 atom stereocenters. The van der Waals surface area contributed by atoms with Crippen LogP contribution in [0.4, 0.5) is 0 Å². The van der Waals surface area contributed by atoms with Crippen molar-refractivity contribution in [2.24, 2.45) is 0 Å². The van der Waals surface area contributed by atoms with E-state index in [1.807, 2.05) is 6.92 Å². The minimum absolute atomic E-state index is 0.152. The van der Waals surface area contributed by atoms with E-state index in [-0.39, 0.29) is 12.5 Å². The maximum Gasteiger partial charge on any atom is 0.304 e. The molecule has 1 aliphatic heterocycles. The van der Waals surface area contributed by atoms with Crippen molar-refractivity contribution >= 4 is 5.97 Å². The second kappa shape index (κ2) is 5.32. The molecule has 0 aromatic rings. The van der Waals surface area contributed by atoms with Gasteiger partial charge in [0.15, 0.2) is 0 Å². The van der Waals surface area contributed by atoms with Crippen LogP contribution in [0, 0.1) is 0 Å². The molecule has 2 N–H and O–H groups in total. The topological polar surface area (TPSA) is 52.6 Å². The van der Waals surface area contributed by atoms with Crippen LogP contribution >= 0.6 is 0 Å². The Morgan fingerprint density at radius 1 is 1.64 bits per heavy atom. The van der Waals surface area contributed by atoms with Crippen molar-refractivity contribution in [3.8, 4) is 0 Å². The zero-order valence-corrected chi connectivity index (χ0v) is 8.99. The Morgan fingerprint density at radius 2 is 2.29 bits per heavy atom. The van der Waals surface area contributed by atoms with Gasteiger partial charge in [0, 0.05) is 25.2 Å². The van der Waals surface area contributed by atoms with Gasteiger partial charge < -0.3 is 10.4 Å². The van der Waals surface area contributed by atoms with Crippen LogP contribution in [-0.2, 0) is 4.79 Å². The van der Waals surface area contributed by atoms with Gasteiger partial charge >= 0.3 is 5.97 Å². The molecule has 4 nitrogen and oxygen atoms in total. The Morgan fingerprint density at radius 3 is 2.64 bits per heavy atom. The first kappa shape index (κ1) is 11.5. The summed E-state index contributed by atoms with van der Waals surface area (Å²) in [6.07, 6.45) is 1.33. The molecule has 1 rings (SSSR count). The summed E-state index contributed by atoms with van der Waals surface area (Å²) in [5, 5.41) is 12.0. The fourth-order valence-electron chi connectivity index (χ4n) is 1.90. The molecule has 14 heavy (non-hydrogen) atoms. The van der Waals surface area contributed by atoms with Crippen LogP contribution in [0.3, 0.4) is 0 Å². The number of nitrogens with one attached hydrogen (secondary N) is 1. The van der Waals surface area contributed by atoms with Crippen LogP contribution in [0.5, 0.6) is 0 Å². The maximum absolute atomic E-state index is 10.6. The summed E-state index contributed by atoms with van der Waals surface area (Å²) in [5.41, 5.74) is 0. The average Bonchev–Trinajstić information content (AvgIpc) is 1.98. The predicted molar refractivity (Wildman–Crippen MR) is 55.4 cm³/mol. The van der Waals surface area contributed by atoms with E-state index in [0.29, 0.717) is 6.04 Å². The van der Waals surface area contributed by atoms with Crippen molar-refractivity contribution in [1.29, 1.82) is 0 Å². The van der Waals surface area contributed by atoms with E-state index in [1.165, 1.54) is 0 Å². The lowest BCUT2D eigenvalue weighted by Crippen LogP contribution is -2.59. The van der Waals surface area contributed by atoms with Gasteiger partial charge in [-0.1, -0.05) is 6.92 Å². The Balaban J connectivity index is 2.42. The number of carbonyl (C=O) groups is 1. The molecule has 1 heterocycles. The molecular weight excluding hydrogens is 180 g/mol. The molecule has 4 heteroatoms. The van der Waals surface area contributed by atoms with Crippen LogP contribution in [0.15, 0.2) is 0 Å². The Kier molecular flexibility index (Phi) is 4.35. The third kappa shape index (κ3) is 2.96. The van der Waals surface area contributed by atoms with Gasteiger partial charge in [0.25, 0.3) is 0 Å². The minimum Gasteiger partial charge on any atom is -0.481 e. The summed E-state index contributed by atoms with van der Waals surface area (Å²) in [5.74, 6) is -0.703. The number of carboxylic acid groups (broad SMARTS) is 1. The van der Waals surface area contributed by atoms with E-state index in [0.717, 1.165) is 26.1 Å². The number of hydrogen-bond acceptors (Lipinski definition) is 3. The highest BCUT2D eigenvalue weighted by atomic mass is 16.4.